The molecule has 0 spiro atoms. The van der Waals surface area contributed by atoms with Crippen molar-refractivity contribution in [1.29, 1.82) is 0 Å². The van der Waals surface area contributed by atoms with E-state index in [1.807, 2.05) is 48.6 Å². The summed E-state index contributed by atoms with van der Waals surface area (Å²) in [6.07, 6.45) is 3.22. The van der Waals surface area contributed by atoms with Crippen molar-refractivity contribution in [2.75, 3.05) is 13.1 Å². The molecule has 1 aliphatic heterocycles. The van der Waals surface area contributed by atoms with E-state index < -0.39 is 0 Å². The Hall–Kier alpha value is -3.03. The van der Waals surface area contributed by atoms with Crippen LogP contribution in [0.1, 0.15) is 45.7 Å². The van der Waals surface area contributed by atoms with Gasteiger partial charge in [-0.15, -0.1) is 10.2 Å². The number of pyridine rings is 2. The standard InChI is InChI=1S/C25H30N6O/c1-16(2)32-21-7-5-6-18-8-10-20(27-23(18)21)24-29-28-22-11-9-19(14-31(22)24)17(3)30-13-12-25(4,26)15-30/h5-11,14,16-17H,12-13,15,26H2,1-4H3/t17-,25-/m1/s1. The molecule has 1 aliphatic rings. The van der Waals surface area contributed by atoms with Crippen molar-refractivity contribution in [1.82, 2.24) is 24.5 Å². The van der Waals surface area contributed by atoms with Gasteiger partial charge >= 0.3 is 0 Å². The molecule has 0 radical (unpaired) electrons. The Bertz CT molecular complexity index is 1280. The van der Waals surface area contributed by atoms with E-state index in [0.29, 0.717) is 0 Å². The minimum absolute atomic E-state index is 0.0741. The number of aromatic nitrogens is 4. The molecule has 4 aromatic rings. The first kappa shape index (κ1) is 20.8. The lowest BCUT2D eigenvalue weighted by atomic mass is 10.0. The Kier molecular flexibility index (Phi) is 5.10. The van der Waals surface area contributed by atoms with Gasteiger partial charge < -0.3 is 10.5 Å². The van der Waals surface area contributed by atoms with E-state index in [4.69, 9.17) is 15.5 Å². The molecule has 0 amide bonds. The fourth-order valence-electron chi connectivity index (χ4n) is 4.48. The second-order valence-electron chi connectivity index (χ2n) is 9.46. The van der Waals surface area contributed by atoms with Gasteiger partial charge in [0.25, 0.3) is 0 Å². The van der Waals surface area contributed by atoms with Gasteiger partial charge in [0.2, 0.25) is 0 Å². The summed E-state index contributed by atoms with van der Waals surface area (Å²) in [5, 5.41) is 9.87. The summed E-state index contributed by atoms with van der Waals surface area (Å²) in [6.45, 7) is 10.3. The molecular formula is C25H30N6O. The number of benzene rings is 1. The summed E-state index contributed by atoms with van der Waals surface area (Å²) < 4.78 is 8.02. The Morgan fingerprint density at radius 2 is 1.91 bits per heavy atom. The number of rotatable bonds is 5. The molecule has 32 heavy (non-hydrogen) atoms. The highest BCUT2D eigenvalue weighted by atomic mass is 16.5. The van der Waals surface area contributed by atoms with Crippen molar-refractivity contribution in [2.24, 2.45) is 5.73 Å². The maximum atomic E-state index is 6.36. The van der Waals surface area contributed by atoms with Crippen LogP contribution in [0.25, 0.3) is 28.1 Å². The predicted molar refractivity (Wildman–Crippen MR) is 127 cm³/mol. The Morgan fingerprint density at radius 3 is 2.66 bits per heavy atom. The Balaban J connectivity index is 1.55. The summed E-state index contributed by atoms with van der Waals surface area (Å²) in [7, 11) is 0. The number of fused-ring (bicyclic) bond motifs is 2. The van der Waals surface area contributed by atoms with Gasteiger partial charge in [-0.25, -0.2) is 4.98 Å². The van der Waals surface area contributed by atoms with Crippen LogP contribution in [0.5, 0.6) is 5.75 Å². The molecule has 166 valence electrons. The van der Waals surface area contributed by atoms with Gasteiger partial charge in [-0.1, -0.05) is 24.3 Å². The largest absolute Gasteiger partial charge is 0.489 e. The first-order valence-electron chi connectivity index (χ1n) is 11.3. The first-order chi connectivity index (χ1) is 15.3. The normalized spacial score (nSPS) is 20.4. The van der Waals surface area contributed by atoms with Crippen LogP contribution in [-0.4, -0.2) is 49.2 Å². The van der Waals surface area contributed by atoms with Gasteiger partial charge in [0, 0.05) is 36.3 Å². The van der Waals surface area contributed by atoms with E-state index in [-0.39, 0.29) is 17.7 Å². The maximum Gasteiger partial charge on any atom is 0.187 e. The molecule has 1 saturated heterocycles. The molecule has 7 heteroatoms. The molecule has 1 aromatic carbocycles. The molecule has 2 atom stereocenters. The van der Waals surface area contributed by atoms with Crippen LogP contribution in [0.3, 0.4) is 0 Å². The summed E-state index contributed by atoms with van der Waals surface area (Å²) in [4.78, 5) is 7.36. The predicted octanol–water partition coefficient (Wildman–Crippen LogP) is 4.22. The summed E-state index contributed by atoms with van der Waals surface area (Å²) >= 11 is 0. The number of hydrogen-bond acceptors (Lipinski definition) is 6. The third kappa shape index (κ3) is 3.82. The SMILES string of the molecule is CC(C)Oc1cccc2ccc(-c3nnc4ccc([C@@H](C)N5CC[C@@](C)(N)C5)cn34)nc12. The zero-order chi connectivity index (χ0) is 22.5. The van der Waals surface area contributed by atoms with Gasteiger partial charge in [0.15, 0.2) is 11.5 Å². The number of likely N-dealkylation sites (tertiary alicyclic amines) is 1. The van der Waals surface area contributed by atoms with Crippen molar-refractivity contribution in [3.8, 4) is 17.3 Å². The lowest BCUT2D eigenvalue weighted by molar-refractivity contribution is 0.245. The highest BCUT2D eigenvalue weighted by Gasteiger charge is 2.32. The molecule has 0 bridgehead atoms. The number of nitrogens with zero attached hydrogens (tertiary/aromatic N) is 5. The third-order valence-corrected chi connectivity index (χ3v) is 6.26. The maximum absolute atomic E-state index is 6.36. The van der Waals surface area contributed by atoms with E-state index >= 15 is 0 Å². The van der Waals surface area contributed by atoms with Crippen LogP contribution in [0, 0.1) is 0 Å². The van der Waals surface area contributed by atoms with Gasteiger partial charge in [-0.3, -0.25) is 9.30 Å². The monoisotopic (exact) mass is 430 g/mol. The van der Waals surface area contributed by atoms with Gasteiger partial charge in [-0.2, -0.15) is 0 Å². The number of nitrogens with two attached hydrogens (primary N) is 1. The van der Waals surface area contributed by atoms with Crippen LogP contribution in [0.2, 0.25) is 0 Å². The summed E-state index contributed by atoms with van der Waals surface area (Å²) in [5.74, 6) is 1.50. The molecule has 4 heterocycles. The van der Waals surface area contributed by atoms with E-state index in [1.54, 1.807) is 0 Å². The molecule has 0 unspecified atom stereocenters. The highest BCUT2D eigenvalue weighted by molar-refractivity contribution is 5.86. The Morgan fingerprint density at radius 1 is 1.06 bits per heavy atom. The van der Waals surface area contributed by atoms with Crippen molar-refractivity contribution in [2.45, 2.75) is 51.8 Å². The molecule has 0 saturated carbocycles. The van der Waals surface area contributed by atoms with E-state index in [0.717, 1.165) is 53.3 Å². The average Bonchev–Trinajstić information content (AvgIpc) is 3.35. The fourth-order valence-corrected chi connectivity index (χ4v) is 4.48. The molecular weight excluding hydrogens is 400 g/mol. The van der Waals surface area contributed by atoms with Crippen molar-refractivity contribution >= 4 is 16.6 Å². The first-order valence-corrected chi connectivity index (χ1v) is 11.3. The molecule has 3 aromatic heterocycles. The second kappa shape index (κ2) is 7.83. The number of hydrogen-bond donors (Lipinski definition) is 1. The van der Waals surface area contributed by atoms with E-state index in [2.05, 4.69) is 47.3 Å². The Labute approximate surface area is 188 Å². The topological polar surface area (TPSA) is 81.6 Å². The summed E-state index contributed by atoms with van der Waals surface area (Å²) in [5.41, 5.74) is 9.85. The highest BCUT2D eigenvalue weighted by Crippen LogP contribution is 2.30. The quantitative estimate of drug-likeness (QED) is 0.511. The van der Waals surface area contributed by atoms with E-state index in [9.17, 15) is 0 Å². The van der Waals surface area contributed by atoms with E-state index in [1.165, 1.54) is 5.56 Å². The fraction of sp³-hybridized carbons (Fsp3) is 0.400. The van der Waals surface area contributed by atoms with Crippen LogP contribution in [0.15, 0.2) is 48.7 Å². The minimum Gasteiger partial charge on any atom is -0.489 e. The third-order valence-electron chi connectivity index (χ3n) is 6.26. The van der Waals surface area contributed by atoms with Crippen LogP contribution < -0.4 is 10.5 Å². The molecule has 0 aliphatic carbocycles. The second-order valence-corrected chi connectivity index (χ2v) is 9.46. The van der Waals surface area contributed by atoms with Crippen LogP contribution in [-0.2, 0) is 0 Å². The van der Waals surface area contributed by atoms with Crippen LogP contribution >= 0.6 is 0 Å². The lowest BCUT2D eigenvalue weighted by Crippen LogP contribution is -2.39. The molecule has 1 fully saturated rings. The molecule has 7 nitrogen and oxygen atoms in total. The van der Waals surface area contributed by atoms with Crippen molar-refractivity contribution in [3.05, 3.63) is 54.2 Å². The lowest BCUT2D eigenvalue weighted by Gasteiger charge is -2.26. The van der Waals surface area contributed by atoms with Gasteiger partial charge in [0.05, 0.1) is 6.10 Å². The smallest absolute Gasteiger partial charge is 0.187 e. The molecule has 2 N–H and O–H groups in total. The van der Waals surface area contributed by atoms with Crippen LogP contribution in [0.4, 0.5) is 0 Å². The number of ether oxygens (including phenoxy) is 1. The van der Waals surface area contributed by atoms with Gasteiger partial charge in [0.1, 0.15) is 17.0 Å². The molecule has 5 rings (SSSR count). The zero-order valence-corrected chi connectivity index (χ0v) is 19.1. The zero-order valence-electron chi connectivity index (χ0n) is 19.1. The van der Waals surface area contributed by atoms with Crippen molar-refractivity contribution in [3.63, 3.8) is 0 Å². The van der Waals surface area contributed by atoms with Crippen molar-refractivity contribution < 1.29 is 4.74 Å². The minimum atomic E-state index is -0.120. The number of para-hydroxylation sites is 1. The average molecular weight is 431 g/mol. The summed E-state index contributed by atoms with van der Waals surface area (Å²) in [6, 6.07) is 14.5. The van der Waals surface area contributed by atoms with Gasteiger partial charge in [-0.05, 0) is 57.9 Å².